The first-order valence-electron chi connectivity index (χ1n) is 5.95. The quantitative estimate of drug-likeness (QED) is 0.727. The summed E-state index contributed by atoms with van der Waals surface area (Å²) in [5, 5.41) is 9.71. The van der Waals surface area contributed by atoms with Crippen molar-refractivity contribution < 1.29 is 19.4 Å². The van der Waals surface area contributed by atoms with Gasteiger partial charge in [0.2, 0.25) is 0 Å². The Morgan fingerprint density at radius 3 is 2.56 bits per heavy atom. The van der Waals surface area contributed by atoms with E-state index in [2.05, 4.69) is 4.74 Å². The molecular weight excluding hydrogens is 208 g/mol. The largest absolute Gasteiger partial charge is 0.467 e. The first-order chi connectivity index (χ1) is 7.56. The van der Waals surface area contributed by atoms with Crippen LogP contribution in [0.5, 0.6) is 0 Å². The fourth-order valence-electron chi connectivity index (χ4n) is 2.06. The van der Waals surface area contributed by atoms with Gasteiger partial charge in [-0.25, -0.2) is 4.79 Å². The van der Waals surface area contributed by atoms with E-state index in [1.807, 2.05) is 0 Å². The van der Waals surface area contributed by atoms with Crippen LogP contribution >= 0.6 is 0 Å². The number of carbonyl (C=O) groups excluding carboxylic acids is 1. The van der Waals surface area contributed by atoms with Crippen LogP contribution in [0.25, 0.3) is 0 Å². The molecule has 0 amide bonds. The summed E-state index contributed by atoms with van der Waals surface area (Å²) in [5.41, 5.74) is -1.52. The van der Waals surface area contributed by atoms with Gasteiger partial charge in [0.25, 0.3) is 0 Å². The number of rotatable bonds is 5. The molecule has 0 saturated heterocycles. The van der Waals surface area contributed by atoms with E-state index in [1.54, 1.807) is 0 Å². The average Bonchev–Trinajstić information content (AvgIpc) is 2.29. The van der Waals surface area contributed by atoms with Crippen LogP contribution in [0.15, 0.2) is 0 Å². The van der Waals surface area contributed by atoms with E-state index >= 15 is 0 Å². The molecule has 0 heterocycles. The highest BCUT2D eigenvalue weighted by Crippen LogP contribution is 2.24. The summed E-state index contributed by atoms with van der Waals surface area (Å²) in [7, 11) is 1.26. The molecule has 16 heavy (non-hydrogen) atoms. The molecule has 4 heteroatoms. The summed E-state index contributed by atoms with van der Waals surface area (Å²) in [6.45, 7) is 2.06. The molecule has 0 aromatic rings. The summed E-state index contributed by atoms with van der Waals surface area (Å²) in [4.78, 5) is 11.2. The van der Waals surface area contributed by atoms with Gasteiger partial charge in [0, 0.05) is 6.61 Å². The molecule has 1 N–H and O–H groups in total. The second kappa shape index (κ2) is 6.21. The number of methoxy groups -OCH3 is 1. The molecule has 1 unspecified atom stereocenters. The monoisotopic (exact) mass is 230 g/mol. The molecule has 1 aliphatic rings. The Kier molecular flexibility index (Phi) is 5.22. The maximum Gasteiger partial charge on any atom is 0.339 e. The number of hydrogen-bond acceptors (Lipinski definition) is 4. The predicted molar refractivity (Wildman–Crippen MR) is 60.0 cm³/mol. The van der Waals surface area contributed by atoms with Gasteiger partial charge in [0.15, 0.2) is 5.60 Å². The lowest BCUT2D eigenvalue weighted by Gasteiger charge is -2.24. The van der Waals surface area contributed by atoms with Crippen molar-refractivity contribution in [3.63, 3.8) is 0 Å². The summed E-state index contributed by atoms with van der Waals surface area (Å²) >= 11 is 0. The van der Waals surface area contributed by atoms with Gasteiger partial charge in [-0.05, 0) is 25.7 Å². The highest BCUT2D eigenvalue weighted by atomic mass is 16.6. The molecule has 1 aliphatic carbocycles. The van der Waals surface area contributed by atoms with E-state index < -0.39 is 11.6 Å². The van der Waals surface area contributed by atoms with E-state index in [1.165, 1.54) is 46.1 Å². The molecule has 0 aromatic heterocycles. The Hall–Kier alpha value is -0.610. The van der Waals surface area contributed by atoms with Crippen LogP contribution in [0, 0.1) is 5.92 Å². The van der Waals surface area contributed by atoms with Crippen molar-refractivity contribution in [3.05, 3.63) is 0 Å². The number of aliphatic hydroxyl groups is 1. The first-order valence-corrected chi connectivity index (χ1v) is 5.95. The van der Waals surface area contributed by atoms with Gasteiger partial charge in [0.05, 0.1) is 13.7 Å². The van der Waals surface area contributed by atoms with Gasteiger partial charge in [-0.2, -0.15) is 0 Å². The standard InChI is InChI=1S/C12H22O4/c1-12(14,11(13)15-2)9-16-8-10-6-4-3-5-7-10/h10,14H,3-9H2,1-2H3. The fraction of sp³-hybridized carbons (Fsp3) is 0.917. The van der Waals surface area contributed by atoms with Gasteiger partial charge < -0.3 is 14.6 Å². The minimum absolute atomic E-state index is 0.0101. The third kappa shape index (κ3) is 4.10. The van der Waals surface area contributed by atoms with Crippen LogP contribution in [0.3, 0.4) is 0 Å². The molecule has 94 valence electrons. The summed E-state index contributed by atoms with van der Waals surface area (Å²) in [6.07, 6.45) is 6.24. The van der Waals surface area contributed by atoms with Crippen molar-refractivity contribution in [2.75, 3.05) is 20.3 Å². The first kappa shape index (κ1) is 13.5. The zero-order chi connectivity index (χ0) is 12.0. The molecule has 0 bridgehead atoms. The Balaban J connectivity index is 2.20. The maximum atomic E-state index is 11.2. The second-order valence-electron chi connectivity index (χ2n) is 4.78. The molecule has 1 rings (SSSR count). The molecule has 4 nitrogen and oxygen atoms in total. The zero-order valence-corrected chi connectivity index (χ0v) is 10.2. The number of ether oxygens (including phenoxy) is 2. The summed E-state index contributed by atoms with van der Waals surface area (Å²) in [6, 6.07) is 0. The summed E-state index contributed by atoms with van der Waals surface area (Å²) < 4.78 is 9.90. The highest BCUT2D eigenvalue weighted by molar-refractivity contribution is 5.78. The van der Waals surface area contributed by atoms with Crippen LogP contribution in [0.2, 0.25) is 0 Å². The van der Waals surface area contributed by atoms with Gasteiger partial charge in [0.1, 0.15) is 0 Å². The molecule has 1 saturated carbocycles. The van der Waals surface area contributed by atoms with Crippen LogP contribution < -0.4 is 0 Å². The number of esters is 1. The topological polar surface area (TPSA) is 55.8 Å². The number of carbonyl (C=O) groups is 1. The lowest BCUT2D eigenvalue weighted by molar-refractivity contribution is -0.167. The SMILES string of the molecule is COC(=O)C(C)(O)COCC1CCCCC1. The minimum Gasteiger partial charge on any atom is -0.467 e. The van der Waals surface area contributed by atoms with Crippen molar-refractivity contribution in [2.24, 2.45) is 5.92 Å². The van der Waals surface area contributed by atoms with Gasteiger partial charge in [-0.1, -0.05) is 19.3 Å². The average molecular weight is 230 g/mol. The smallest absolute Gasteiger partial charge is 0.339 e. The fourth-order valence-corrected chi connectivity index (χ4v) is 2.06. The van der Waals surface area contributed by atoms with E-state index in [0.717, 1.165) is 0 Å². The molecular formula is C12H22O4. The Bertz CT molecular complexity index is 219. The highest BCUT2D eigenvalue weighted by Gasteiger charge is 2.32. The van der Waals surface area contributed by atoms with Gasteiger partial charge >= 0.3 is 5.97 Å². The van der Waals surface area contributed by atoms with E-state index in [-0.39, 0.29) is 6.61 Å². The van der Waals surface area contributed by atoms with Crippen molar-refractivity contribution >= 4 is 5.97 Å². The van der Waals surface area contributed by atoms with Crippen molar-refractivity contribution in [1.82, 2.24) is 0 Å². The van der Waals surface area contributed by atoms with Crippen LogP contribution in [-0.2, 0) is 14.3 Å². The van der Waals surface area contributed by atoms with Crippen molar-refractivity contribution in [3.8, 4) is 0 Å². The molecule has 1 atom stereocenters. The third-order valence-corrected chi connectivity index (χ3v) is 3.09. The van der Waals surface area contributed by atoms with E-state index in [9.17, 15) is 9.90 Å². The van der Waals surface area contributed by atoms with Gasteiger partial charge in [-0.3, -0.25) is 0 Å². The van der Waals surface area contributed by atoms with E-state index in [4.69, 9.17) is 4.74 Å². The van der Waals surface area contributed by atoms with Crippen LogP contribution in [0.1, 0.15) is 39.0 Å². The van der Waals surface area contributed by atoms with Crippen LogP contribution in [0.4, 0.5) is 0 Å². The van der Waals surface area contributed by atoms with Gasteiger partial charge in [-0.15, -0.1) is 0 Å². The lowest BCUT2D eigenvalue weighted by atomic mass is 9.90. The molecule has 0 aromatic carbocycles. The molecule has 0 aliphatic heterocycles. The molecule has 0 spiro atoms. The zero-order valence-electron chi connectivity index (χ0n) is 10.2. The Morgan fingerprint density at radius 1 is 1.38 bits per heavy atom. The van der Waals surface area contributed by atoms with Crippen LogP contribution in [-0.4, -0.2) is 37.0 Å². The minimum atomic E-state index is -1.52. The van der Waals surface area contributed by atoms with Crippen molar-refractivity contribution in [1.29, 1.82) is 0 Å². The number of hydrogen-bond donors (Lipinski definition) is 1. The molecule has 1 fully saturated rings. The summed E-state index contributed by atoms with van der Waals surface area (Å²) in [5.74, 6) is -0.0571. The van der Waals surface area contributed by atoms with E-state index in [0.29, 0.717) is 12.5 Å². The Labute approximate surface area is 96.9 Å². The Morgan fingerprint density at radius 2 is 2.00 bits per heavy atom. The maximum absolute atomic E-state index is 11.2. The second-order valence-corrected chi connectivity index (χ2v) is 4.78. The predicted octanol–water partition coefficient (Wildman–Crippen LogP) is 1.51. The molecule has 0 radical (unpaired) electrons. The normalized spacial score (nSPS) is 21.4. The lowest BCUT2D eigenvalue weighted by Crippen LogP contribution is -2.41. The third-order valence-electron chi connectivity index (χ3n) is 3.09. The van der Waals surface area contributed by atoms with Crippen molar-refractivity contribution in [2.45, 2.75) is 44.6 Å².